The Balaban J connectivity index is 1.91. The summed E-state index contributed by atoms with van der Waals surface area (Å²) < 4.78 is 0. The van der Waals surface area contributed by atoms with Crippen molar-refractivity contribution in [1.82, 2.24) is 14.9 Å². The first-order valence-electron chi connectivity index (χ1n) is 5.43. The molecule has 1 aromatic heterocycles. The molecule has 0 unspecified atom stereocenters. The normalized spacial score (nSPS) is 15.5. The molecule has 0 aromatic carbocycles. The van der Waals surface area contributed by atoms with Gasteiger partial charge < -0.3 is 14.6 Å². The molecule has 1 saturated heterocycles. The first kappa shape index (κ1) is 11.3. The van der Waals surface area contributed by atoms with Gasteiger partial charge in [-0.1, -0.05) is 0 Å². The van der Waals surface area contributed by atoms with Crippen molar-refractivity contribution in [3.8, 4) is 0 Å². The number of piperazine rings is 1. The van der Waals surface area contributed by atoms with Gasteiger partial charge in [-0.05, 0) is 0 Å². The summed E-state index contributed by atoms with van der Waals surface area (Å²) in [6.45, 7) is 9.39. The van der Waals surface area contributed by atoms with E-state index in [9.17, 15) is 4.79 Å². The second-order valence-electron chi connectivity index (χ2n) is 3.75. The van der Waals surface area contributed by atoms with Gasteiger partial charge in [-0.2, -0.15) is 0 Å². The Labute approximate surface area is 99.7 Å². The van der Waals surface area contributed by atoms with Crippen molar-refractivity contribution in [2.45, 2.75) is 0 Å². The molecule has 0 radical (unpaired) electrons. The summed E-state index contributed by atoms with van der Waals surface area (Å²) in [6.07, 6.45) is 5.02. The summed E-state index contributed by atoms with van der Waals surface area (Å²) in [4.78, 5) is 26.7. The Kier molecular flexibility index (Phi) is 3.50. The molecular weight excluding hydrogens is 218 g/mol. The van der Waals surface area contributed by atoms with Crippen LogP contribution in [0.1, 0.15) is 0 Å². The van der Waals surface area contributed by atoms with Crippen molar-refractivity contribution in [2.75, 3.05) is 37.6 Å². The van der Waals surface area contributed by atoms with Crippen LogP contribution >= 0.6 is 0 Å². The summed E-state index contributed by atoms with van der Waals surface area (Å²) >= 11 is 0. The van der Waals surface area contributed by atoms with Gasteiger partial charge in [0.1, 0.15) is 5.82 Å². The highest BCUT2D eigenvalue weighted by Gasteiger charge is 2.22. The van der Waals surface area contributed by atoms with Crippen molar-refractivity contribution >= 4 is 11.7 Å². The highest BCUT2D eigenvalue weighted by Crippen LogP contribution is 2.11. The van der Waals surface area contributed by atoms with Crippen LogP contribution in [0.4, 0.5) is 5.82 Å². The van der Waals surface area contributed by atoms with E-state index in [4.69, 9.17) is 6.57 Å². The van der Waals surface area contributed by atoms with E-state index in [1.807, 2.05) is 0 Å². The minimum absolute atomic E-state index is 0.0505. The van der Waals surface area contributed by atoms with E-state index in [1.165, 1.54) is 0 Å². The zero-order chi connectivity index (χ0) is 12.1. The average molecular weight is 231 g/mol. The molecule has 0 N–H and O–H groups in total. The molecule has 2 rings (SSSR count). The fraction of sp³-hybridized carbons (Fsp3) is 0.455. The second kappa shape index (κ2) is 5.25. The van der Waals surface area contributed by atoms with E-state index in [0.717, 1.165) is 18.9 Å². The molecule has 17 heavy (non-hydrogen) atoms. The van der Waals surface area contributed by atoms with Gasteiger partial charge in [-0.25, -0.2) is 11.6 Å². The summed E-state index contributed by atoms with van der Waals surface area (Å²) in [5, 5.41) is 0. The van der Waals surface area contributed by atoms with Crippen LogP contribution in [0.25, 0.3) is 4.85 Å². The smallest absolute Gasteiger partial charge is 0.302 e. The highest BCUT2D eigenvalue weighted by molar-refractivity contribution is 5.79. The van der Waals surface area contributed by atoms with E-state index in [0.29, 0.717) is 13.1 Å². The van der Waals surface area contributed by atoms with Crippen LogP contribution in [0.3, 0.4) is 0 Å². The van der Waals surface area contributed by atoms with Crippen LogP contribution in [0.15, 0.2) is 18.6 Å². The topological polar surface area (TPSA) is 53.7 Å². The third-order valence-corrected chi connectivity index (χ3v) is 2.72. The van der Waals surface area contributed by atoms with Crippen molar-refractivity contribution in [3.63, 3.8) is 0 Å². The molecule has 0 atom stereocenters. The Morgan fingerprint density at radius 2 is 2.12 bits per heavy atom. The Morgan fingerprint density at radius 1 is 1.35 bits per heavy atom. The molecule has 6 heteroatoms. The molecule has 1 aliphatic heterocycles. The summed E-state index contributed by atoms with van der Waals surface area (Å²) in [6, 6.07) is 0. The number of anilines is 1. The summed E-state index contributed by atoms with van der Waals surface area (Å²) in [7, 11) is 0. The largest absolute Gasteiger partial charge is 0.352 e. The van der Waals surface area contributed by atoms with Crippen LogP contribution < -0.4 is 4.90 Å². The Bertz CT molecular complexity index is 419. The van der Waals surface area contributed by atoms with E-state index < -0.39 is 0 Å². The van der Waals surface area contributed by atoms with E-state index in [2.05, 4.69) is 19.7 Å². The first-order valence-corrected chi connectivity index (χ1v) is 5.43. The summed E-state index contributed by atoms with van der Waals surface area (Å²) in [5.74, 6) is 0.753. The number of carbonyl (C=O) groups excluding carboxylic acids is 1. The number of hydrogen-bond acceptors (Lipinski definition) is 4. The quantitative estimate of drug-likeness (QED) is 0.675. The zero-order valence-corrected chi connectivity index (χ0v) is 9.41. The molecular formula is C11H13N5O. The maximum absolute atomic E-state index is 11.5. The lowest BCUT2D eigenvalue weighted by atomic mass is 10.3. The van der Waals surface area contributed by atoms with Crippen LogP contribution in [-0.4, -0.2) is 53.5 Å². The molecule has 1 fully saturated rings. The maximum Gasteiger partial charge on any atom is 0.302 e. The minimum atomic E-state index is -0.0844. The van der Waals surface area contributed by atoms with Gasteiger partial charge >= 0.3 is 5.91 Å². The van der Waals surface area contributed by atoms with Crippen LogP contribution in [0.2, 0.25) is 0 Å². The van der Waals surface area contributed by atoms with Gasteiger partial charge in [0.25, 0.3) is 6.54 Å². The molecule has 0 saturated carbocycles. The van der Waals surface area contributed by atoms with Crippen molar-refractivity contribution in [2.24, 2.45) is 0 Å². The van der Waals surface area contributed by atoms with Crippen molar-refractivity contribution in [3.05, 3.63) is 30.0 Å². The predicted octanol–water partition coefficient (Wildman–Crippen LogP) is 0.0445. The molecule has 0 aliphatic carbocycles. The molecule has 1 aliphatic rings. The Morgan fingerprint density at radius 3 is 2.71 bits per heavy atom. The lowest BCUT2D eigenvalue weighted by Crippen LogP contribution is -2.49. The van der Waals surface area contributed by atoms with Gasteiger partial charge in [0.2, 0.25) is 0 Å². The molecule has 2 heterocycles. The highest BCUT2D eigenvalue weighted by atomic mass is 16.2. The standard InChI is InChI=1S/C11H13N5O/c1-12-9-11(17)16-6-4-15(5-7-16)10-8-13-2-3-14-10/h2-3,8H,4-7,9H2. The molecule has 0 spiro atoms. The fourth-order valence-corrected chi connectivity index (χ4v) is 1.81. The zero-order valence-electron chi connectivity index (χ0n) is 9.41. The van der Waals surface area contributed by atoms with Gasteiger partial charge in [-0.15, -0.1) is 0 Å². The molecule has 6 nitrogen and oxygen atoms in total. The number of amides is 1. The van der Waals surface area contributed by atoms with Gasteiger partial charge in [0.05, 0.1) is 6.20 Å². The first-order chi connectivity index (χ1) is 8.31. The van der Waals surface area contributed by atoms with Crippen molar-refractivity contribution < 1.29 is 4.79 Å². The maximum atomic E-state index is 11.5. The van der Waals surface area contributed by atoms with Gasteiger partial charge in [-0.3, -0.25) is 9.78 Å². The average Bonchev–Trinajstić information content (AvgIpc) is 2.40. The van der Waals surface area contributed by atoms with Crippen LogP contribution in [0, 0.1) is 6.57 Å². The Hall–Kier alpha value is -2.16. The molecule has 1 amide bonds. The molecule has 88 valence electrons. The molecule has 0 bridgehead atoms. The number of hydrogen-bond donors (Lipinski definition) is 0. The van der Waals surface area contributed by atoms with Crippen LogP contribution in [0.5, 0.6) is 0 Å². The third-order valence-electron chi connectivity index (χ3n) is 2.72. The summed E-state index contributed by atoms with van der Waals surface area (Å²) in [5.41, 5.74) is 0. The van der Waals surface area contributed by atoms with E-state index in [-0.39, 0.29) is 12.5 Å². The second-order valence-corrected chi connectivity index (χ2v) is 3.75. The number of nitrogens with zero attached hydrogens (tertiary/aromatic N) is 5. The molecule has 1 aromatic rings. The number of rotatable bonds is 2. The van der Waals surface area contributed by atoms with E-state index in [1.54, 1.807) is 23.5 Å². The minimum Gasteiger partial charge on any atom is -0.352 e. The number of aromatic nitrogens is 2. The van der Waals surface area contributed by atoms with Gasteiger partial charge in [0, 0.05) is 38.6 Å². The number of carbonyl (C=O) groups is 1. The van der Waals surface area contributed by atoms with Crippen molar-refractivity contribution in [1.29, 1.82) is 0 Å². The third kappa shape index (κ3) is 2.69. The predicted molar refractivity (Wildman–Crippen MR) is 62.3 cm³/mol. The SMILES string of the molecule is [C-]#[N+]CC(=O)N1CCN(c2cnccn2)CC1. The lowest BCUT2D eigenvalue weighted by molar-refractivity contribution is -0.129. The fourth-order valence-electron chi connectivity index (χ4n) is 1.81. The monoisotopic (exact) mass is 231 g/mol. The van der Waals surface area contributed by atoms with Gasteiger partial charge in [0.15, 0.2) is 0 Å². The van der Waals surface area contributed by atoms with E-state index >= 15 is 0 Å². The lowest BCUT2D eigenvalue weighted by Gasteiger charge is -2.34. The van der Waals surface area contributed by atoms with Crippen LogP contribution in [-0.2, 0) is 4.79 Å².